The van der Waals surface area contributed by atoms with E-state index in [1.807, 2.05) is 66.5 Å². The van der Waals surface area contributed by atoms with Crippen molar-refractivity contribution in [2.75, 3.05) is 46.3 Å². The molecular weight excluding hydrogens is 618 g/mol. The third kappa shape index (κ3) is 7.07. The van der Waals surface area contributed by atoms with E-state index in [4.69, 9.17) is 4.98 Å². The van der Waals surface area contributed by atoms with Crippen LogP contribution in [0.15, 0.2) is 67.0 Å². The predicted molar refractivity (Wildman–Crippen MR) is 184 cm³/mol. The molecule has 3 N–H and O–H groups in total. The van der Waals surface area contributed by atoms with Gasteiger partial charge in [-0.1, -0.05) is 48.4 Å². The molecule has 49 heavy (non-hydrogen) atoms. The number of imidazole rings is 2. The van der Waals surface area contributed by atoms with Gasteiger partial charge in [-0.15, -0.1) is 0 Å². The normalized spacial score (nSPS) is 20.1. The molecule has 12 nitrogen and oxygen atoms in total. The Kier molecular flexibility index (Phi) is 9.43. The number of nitrogens with zero attached hydrogens (tertiary/aromatic N) is 6. The zero-order valence-electron chi connectivity index (χ0n) is 27.6. The zero-order valence-corrected chi connectivity index (χ0v) is 27.6. The number of piperazine rings is 1. The Morgan fingerprint density at radius 1 is 0.857 bits per heavy atom. The number of likely N-dealkylation sites (N-methyl/N-ethyl adjacent to an activating group) is 1. The molecule has 12 heteroatoms. The van der Waals surface area contributed by atoms with Gasteiger partial charge in [-0.05, 0) is 61.9 Å². The van der Waals surface area contributed by atoms with E-state index >= 15 is 0 Å². The topological polar surface area (TPSA) is 134 Å². The molecule has 0 radical (unpaired) electrons. The van der Waals surface area contributed by atoms with Crippen molar-refractivity contribution in [1.29, 1.82) is 0 Å². The Morgan fingerprint density at radius 3 is 2.35 bits per heavy atom. The fourth-order valence-corrected chi connectivity index (χ4v) is 6.94. The summed E-state index contributed by atoms with van der Waals surface area (Å²) < 4.78 is 0. The summed E-state index contributed by atoms with van der Waals surface area (Å²) in [5.74, 6) is 7.70. The molecule has 4 amide bonds. The van der Waals surface area contributed by atoms with Crippen molar-refractivity contribution in [2.45, 2.75) is 43.8 Å². The van der Waals surface area contributed by atoms with Gasteiger partial charge in [-0.2, -0.15) is 0 Å². The number of rotatable bonds is 7. The number of hydrogen-bond donors (Lipinski definition) is 3. The highest BCUT2D eigenvalue weighted by atomic mass is 16.2. The van der Waals surface area contributed by atoms with Gasteiger partial charge < -0.3 is 34.9 Å². The maximum atomic E-state index is 14.2. The van der Waals surface area contributed by atoms with E-state index in [1.54, 1.807) is 22.2 Å². The van der Waals surface area contributed by atoms with Gasteiger partial charge in [0.05, 0.1) is 30.2 Å². The summed E-state index contributed by atoms with van der Waals surface area (Å²) in [6, 6.07) is 16.1. The van der Waals surface area contributed by atoms with Crippen LogP contribution in [0.4, 0.5) is 4.79 Å². The number of hydrogen-bond acceptors (Lipinski definition) is 6. The molecule has 3 fully saturated rings. The molecule has 2 aromatic carbocycles. The van der Waals surface area contributed by atoms with E-state index in [1.165, 1.54) is 0 Å². The second kappa shape index (κ2) is 14.4. The molecular formula is C37H41N9O3. The first-order valence-electron chi connectivity index (χ1n) is 17.0. The van der Waals surface area contributed by atoms with Crippen LogP contribution in [0, 0.1) is 11.8 Å². The molecule has 3 saturated heterocycles. The third-order valence-electron chi connectivity index (χ3n) is 9.76. The van der Waals surface area contributed by atoms with E-state index in [-0.39, 0.29) is 24.0 Å². The van der Waals surface area contributed by atoms with Crippen molar-refractivity contribution >= 4 is 18.3 Å². The maximum Gasteiger partial charge on any atom is 0.318 e. The number of H-pyrrole nitrogens is 2. The number of aromatic amines is 2. The molecule has 0 saturated carbocycles. The Labute approximate surface area is 285 Å². The van der Waals surface area contributed by atoms with Gasteiger partial charge in [0.25, 0.3) is 0 Å². The lowest BCUT2D eigenvalue weighted by Crippen LogP contribution is -2.53. The van der Waals surface area contributed by atoms with Gasteiger partial charge in [-0.25, -0.2) is 14.8 Å². The first kappa shape index (κ1) is 32.2. The maximum absolute atomic E-state index is 14.2. The van der Waals surface area contributed by atoms with Gasteiger partial charge in [0.1, 0.15) is 23.4 Å². The molecule has 3 atom stereocenters. The van der Waals surface area contributed by atoms with E-state index in [0.717, 1.165) is 85.8 Å². The van der Waals surface area contributed by atoms with Crippen LogP contribution in [0.2, 0.25) is 0 Å². The fraction of sp³-hybridized carbons (Fsp3) is 0.378. The van der Waals surface area contributed by atoms with Crippen LogP contribution in [0.3, 0.4) is 0 Å². The monoisotopic (exact) mass is 659 g/mol. The molecule has 0 spiro atoms. The van der Waals surface area contributed by atoms with Crippen LogP contribution in [0.25, 0.3) is 11.3 Å². The van der Waals surface area contributed by atoms with Crippen molar-refractivity contribution in [2.24, 2.45) is 0 Å². The van der Waals surface area contributed by atoms with E-state index in [0.29, 0.717) is 25.3 Å². The SMILES string of the molecule is CN1CCN(C(=O)NC(C(=O)N2CCCC2c2ncc(-c3ccc(C#Cc4cnc(C5CCCN5C=O)[nH]4)cc3)[nH]2)c2ccccc2)CC1. The number of urea groups is 1. The van der Waals surface area contributed by atoms with Crippen LogP contribution in [-0.4, -0.2) is 104 Å². The Morgan fingerprint density at radius 2 is 1.57 bits per heavy atom. The fourth-order valence-electron chi connectivity index (χ4n) is 6.94. The van der Waals surface area contributed by atoms with Crippen LogP contribution in [0.5, 0.6) is 0 Å². The lowest BCUT2D eigenvalue weighted by Gasteiger charge is -2.34. The van der Waals surface area contributed by atoms with Crippen molar-refractivity contribution in [3.05, 3.63) is 95.5 Å². The van der Waals surface area contributed by atoms with Gasteiger partial charge in [-0.3, -0.25) is 9.59 Å². The second-order valence-corrected chi connectivity index (χ2v) is 13.0. The highest BCUT2D eigenvalue weighted by Crippen LogP contribution is 2.34. The summed E-state index contributed by atoms with van der Waals surface area (Å²) in [5, 5.41) is 3.06. The Hall–Kier alpha value is -5.41. The van der Waals surface area contributed by atoms with Crippen molar-refractivity contribution < 1.29 is 14.4 Å². The lowest BCUT2D eigenvalue weighted by molar-refractivity contribution is -0.134. The van der Waals surface area contributed by atoms with Crippen molar-refractivity contribution in [1.82, 2.24) is 44.9 Å². The van der Waals surface area contributed by atoms with Gasteiger partial charge in [0.15, 0.2) is 0 Å². The van der Waals surface area contributed by atoms with E-state index in [9.17, 15) is 14.4 Å². The highest BCUT2D eigenvalue weighted by molar-refractivity contribution is 5.88. The number of likely N-dealkylation sites (tertiary alicyclic amines) is 2. The largest absolute Gasteiger partial charge is 0.340 e. The number of carbonyl (C=O) groups excluding carboxylic acids is 3. The zero-order chi connectivity index (χ0) is 33.7. The minimum atomic E-state index is -0.792. The van der Waals surface area contributed by atoms with Crippen LogP contribution in [-0.2, 0) is 9.59 Å². The summed E-state index contributed by atoms with van der Waals surface area (Å²) >= 11 is 0. The van der Waals surface area contributed by atoms with E-state index in [2.05, 4.69) is 37.0 Å². The quantitative estimate of drug-likeness (QED) is 0.204. The third-order valence-corrected chi connectivity index (χ3v) is 9.76. The standard InChI is InChI=1S/C37H41N9O3/c1-43-19-21-44(22-20-43)37(49)42-33(28-7-3-2-4-8-28)36(48)46-18-6-10-32(46)35-39-24-30(41-35)27-14-11-26(12-15-27)13-16-29-23-38-34(40-29)31-9-5-17-45(31)25-47/h2-4,7-8,11-12,14-15,23-25,31-33H,5-6,9-10,17-22H2,1H3,(H,38,40)(H,39,41)(H,42,49). The second-order valence-electron chi connectivity index (χ2n) is 13.0. The predicted octanol–water partition coefficient (Wildman–Crippen LogP) is 3.85. The number of amides is 4. The molecule has 3 unspecified atom stereocenters. The average Bonchev–Trinajstić information content (AvgIpc) is 3.97. The molecule has 4 aromatic rings. The molecule has 2 aromatic heterocycles. The summed E-state index contributed by atoms with van der Waals surface area (Å²) in [6.45, 7) is 4.20. The van der Waals surface area contributed by atoms with Gasteiger partial charge >= 0.3 is 6.03 Å². The van der Waals surface area contributed by atoms with Gasteiger partial charge in [0, 0.05) is 44.8 Å². The van der Waals surface area contributed by atoms with Crippen LogP contribution in [0.1, 0.15) is 72.3 Å². The molecule has 252 valence electrons. The van der Waals surface area contributed by atoms with Crippen LogP contribution < -0.4 is 5.32 Å². The summed E-state index contributed by atoms with van der Waals surface area (Å²) in [6.07, 6.45) is 7.90. The Bertz CT molecular complexity index is 1830. The first-order valence-corrected chi connectivity index (χ1v) is 17.0. The summed E-state index contributed by atoms with van der Waals surface area (Å²) in [4.78, 5) is 62.3. The smallest absolute Gasteiger partial charge is 0.318 e. The molecule has 5 heterocycles. The van der Waals surface area contributed by atoms with Gasteiger partial charge in [0.2, 0.25) is 12.3 Å². The Balaban J connectivity index is 1.03. The first-order chi connectivity index (χ1) is 24.0. The summed E-state index contributed by atoms with van der Waals surface area (Å²) in [7, 11) is 2.05. The number of aromatic nitrogens is 4. The number of benzene rings is 2. The number of nitrogens with one attached hydrogen (secondary N) is 3. The van der Waals surface area contributed by atoms with Crippen molar-refractivity contribution in [3.8, 4) is 23.1 Å². The van der Waals surface area contributed by atoms with E-state index < -0.39 is 6.04 Å². The lowest BCUT2D eigenvalue weighted by atomic mass is 10.0. The molecule has 0 bridgehead atoms. The molecule has 3 aliphatic rings. The molecule has 3 aliphatic heterocycles. The summed E-state index contributed by atoms with van der Waals surface area (Å²) in [5.41, 5.74) is 4.13. The minimum Gasteiger partial charge on any atom is -0.340 e. The minimum absolute atomic E-state index is 0.0145. The molecule has 0 aliphatic carbocycles. The average molecular weight is 660 g/mol. The number of carbonyl (C=O) groups is 3. The highest BCUT2D eigenvalue weighted by Gasteiger charge is 2.37. The van der Waals surface area contributed by atoms with Crippen LogP contribution >= 0.6 is 0 Å². The van der Waals surface area contributed by atoms with Crippen molar-refractivity contribution in [3.63, 3.8) is 0 Å². The molecule has 7 rings (SSSR count).